The van der Waals surface area contributed by atoms with E-state index in [-0.39, 0.29) is 12.5 Å². The van der Waals surface area contributed by atoms with Gasteiger partial charge in [-0.1, -0.05) is 6.92 Å². The maximum absolute atomic E-state index is 11.0. The highest BCUT2D eigenvalue weighted by atomic mass is 32.2. The van der Waals surface area contributed by atoms with E-state index >= 15 is 0 Å². The zero-order chi connectivity index (χ0) is 13.7. The van der Waals surface area contributed by atoms with Crippen LogP contribution in [0.5, 0.6) is 11.5 Å². The summed E-state index contributed by atoms with van der Waals surface area (Å²) in [6, 6.07) is 3.04. The number of thioether (sulfide) groups is 1. The quantitative estimate of drug-likeness (QED) is 0.471. The average Bonchev–Trinajstić information content (AvgIpc) is 2.84. The first-order valence-corrected chi connectivity index (χ1v) is 7.27. The Morgan fingerprint density at radius 1 is 1.42 bits per heavy atom. The third kappa shape index (κ3) is 3.44. The van der Waals surface area contributed by atoms with Crippen LogP contribution >= 0.6 is 11.8 Å². The molecule has 1 heterocycles. The first-order valence-electron chi connectivity index (χ1n) is 6.12. The summed E-state index contributed by atoms with van der Waals surface area (Å²) in [5.74, 6) is 3.11. The van der Waals surface area contributed by atoms with Gasteiger partial charge in [0.1, 0.15) is 5.69 Å². The second-order valence-electron chi connectivity index (χ2n) is 3.96. The lowest BCUT2D eigenvalue weighted by molar-refractivity contribution is -0.384. The van der Waals surface area contributed by atoms with Gasteiger partial charge in [0.05, 0.1) is 11.0 Å². The summed E-state index contributed by atoms with van der Waals surface area (Å²) in [5, 5.41) is 14.1. The van der Waals surface area contributed by atoms with Crippen molar-refractivity contribution in [2.75, 3.05) is 30.2 Å². The van der Waals surface area contributed by atoms with Crippen LogP contribution in [-0.4, -0.2) is 29.8 Å². The van der Waals surface area contributed by atoms with Crippen LogP contribution in [0.25, 0.3) is 0 Å². The number of benzene rings is 1. The lowest BCUT2D eigenvalue weighted by Crippen LogP contribution is -2.05. The summed E-state index contributed by atoms with van der Waals surface area (Å²) in [7, 11) is 0. The van der Waals surface area contributed by atoms with E-state index in [4.69, 9.17) is 9.47 Å². The zero-order valence-corrected chi connectivity index (χ0v) is 11.5. The molecule has 0 aliphatic carbocycles. The first-order chi connectivity index (χ1) is 9.22. The number of hydrogen-bond donors (Lipinski definition) is 1. The molecule has 7 heteroatoms. The highest BCUT2D eigenvalue weighted by molar-refractivity contribution is 7.99. The van der Waals surface area contributed by atoms with Gasteiger partial charge in [-0.25, -0.2) is 0 Å². The lowest BCUT2D eigenvalue weighted by atomic mass is 10.2. The Balaban J connectivity index is 2.03. The van der Waals surface area contributed by atoms with Crippen LogP contribution in [0.3, 0.4) is 0 Å². The second-order valence-corrected chi connectivity index (χ2v) is 5.35. The normalized spacial score (nSPS) is 12.5. The Morgan fingerprint density at radius 2 is 2.16 bits per heavy atom. The van der Waals surface area contributed by atoms with E-state index in [9.17, 15) is 10.1 Å². The zero-order valence-electron chi connectivity index (χ0n) is 10.7. The standard InChI is InChI=1S/C12H16N2O4S/c1-2-19-5-3-4-13-9-6-11-12(18-8-17-11)7-10(9)14(15)16/h6-7,13H,2-5,8H2,1H3. The third-order valence-electron chi connectivity index (χ3n) is 2.67. The number of fused-ring (bicyclic) bond motifs is 1. The molecule has 0 fully saturated rings. The molecule has 2 rings (SSSR count). The van der Waals surface area contributed by atoms with Crippen LogP contribution in [0, 0.1) is 10.1 Å². The van der Waals surface area contributed by atoms with Gasteiger partial charge in [-0.3, -0.25) is 10.1 Å². The van der Waals surface area contributed by atoms with E-state index in [1.54, 1.807) is 6.07 Å². The predicted molar refractivity (Wildman–Crippen MR) is 75.3 cm³/mol. The molecule has 1 N–H and O–H groups in total. The minimum atomic E-state index is -0.412. The molecule has 0 saturated carbocycles. The van der Waals surface area contributed by atoms with Gasteiger partial charge in [-0.05, 0) is 17.9 Å². The van der Waals surface area contributed by atoms with Crippen molar-refractivity contribution in [2.45, 2.75) is 13.3 Å². The van der Waals surface area contributed by atoms with Crippen molar-refractivity contribution < 1.29 is 14.4 Å². The Kier molecular flexibility index (Phi) is 4.73. The van der Waals surface area contributed by atoms with Crippen molar-refractivity contribution in [3.8, 4) is 11.5 Å². The van der Waals surface area contributed by atoms with Gasteiger partial charge in [0, 0.05) is 12.6 Å². The Hall–Kier alpha value is -1.63. The molecule has 0 unspecified atom stereocenters. The molecule has 0 aromatic heterocycles. The number of hydrogen-bond acceptors (Lipinski definition) is 6. The molecule has 19 heavy (non-hydrogen) atoms. The van der Waals surface area contributed by atoms with E-state index < -0.39 is 4.92 Å². The molecule has 1 aromatic carbocycles. The summed E-state index contributed by atoms with van der Waals surface area (Å²) >= 11 is 1.86. The minimum absolute atomic E-state index is 0.0207. The first kappa shape index (κ1) is 13.8. The molecule has 0 bridgehead atoms. The van der Waals surface area contributed by atoms with Gasteiger partial charge < -0.3 is 14.8 Å². The summed E-state index contributed by atoms with van der Waals surface area (Å²) in [5.41, 5.74) is 0.503. The van der Waals surface area contributed by atoms with E-state index in [1.807, 2.05) is 11.8 Å². The predicted octanol–water partition coefficient (Wildman–Crippen LogP) is 2.88. The fraction of sp³-hybridized carbons (Fsp3) is 0.500. The topological polar surface area (TPSA) is 73.6 Å². The molecule has 0 saturated heterocycles. The fourth-order valence-corrected chi connectivity index (χ4v) is 2.40. The number of nitro benzene ring substituents is 1. The van der Waals surface area contributed by atoms with Gasteiger partial charge in [-0.2, -0.15) is 11.8 Å². The Bertz CT molecular complexity index is 467. The minimum Gasteiger partial charge on any atom is -0.454 e. The van der Waals surface area contributed by atoms with Crippen LogP contribution in [0.1, 0.15) is 13.3 Å². The van der Waals surface area contributed by atoms with E-state index in [2.05, 4.69) is 12.2 Å². The molecule has 0 amide bonds. The maximum atomic E-state index is 11.0. The highest BCUT2D eigenvalue weighted by Crippen LogP contribution is 2.40. The average molecular weight is 284 g/mol. The molecular formula is C12H16N2O4S. The number of anilines is 1. The Morgan fingerprint density at radius 3 is 2.84 bits per heavy atom. The third-order valence-corrected chi connectivity index (χ3v) is 3.66. The molecule has 0 radical (unpaired) electrons. The van der Waals surface area contributed by atoms with Gasteiger partial charge >= 0.3 is 0 Å². The number of rotatable bonds is 7. The molecule has 0 spiro atoms. The second kappa shape index (κ2) is 6.51. The van der Waals surface area contributed by atoms with Crippen molar-refractivity contribution in [3.63, 3.8) is 0 Å². The number of nitrogens with one attached hydrogen (secondary N) is 1. The lowest BCUT2D eigenvalue weighted by Gasteiger charge is -2.08. The molecular weight excluding hydrogens is 268 g/mol. The summed E-state index contributed by atoms with van der Waals surface area (Å²) in [6.45, 7) is 2.93. The number of ether oxygens (including phenoxy) is 2. The molecule has 1 aromatic rings. The van der Waals surface area contributed by atoms with Crippen molar-refractivity contribution >= 4 is 23.1 Å². The largest absolute Gasteiger partial charge is 0.454 e. The van der Waals surface area contributed by atoms with Gasteiger partial charge in [-0.15, -0.1) is 0 Å². The van der Waals surface area contributed by atoms with E-state index in [0.29, 0.717) is 23.7 Å². The monoisotopic (exact) mass is 284 g/mol. The fourth-order valence-electron chi connectivity index (χ4n) is 1.77. The van der Waals surface area contributed by atoms with Crippen molar-refractivity contribution in [1.82, 2.24) is 0 Å². The molecule has 104 valence electrons. The SMILES string of the molecule is CCSCCCNc1cc2c(cc1[N+](=O)[O-])OCO2. The maximum Gasteiger partial charge on any atom is 0.296 e. The molecule has 0 atom stereocenters. The summed E-state index contributed by atoms with van der Waals surface area (Å²) < 4.78 is 10.4. The highest BCUT2D eigenvalue weighted by Gasteiger charge is 2.23. The van der Waals surface area contributed by atoms with Crippen molar-refractivity contribution in [2.24, 2.45) is 0 Å². The number of nitrogens with zero attached hydrogens (tertiary/aromatic N) is 1. The van der Waals surface area contributed by atoms with Gasteiger partial charge in [0.25, 0.3) is 5.69 Å². The van der Waals surface area contributed by atoms with Gasteiger partial charge in [0.2, 0.25) is 6.79 Å². The van der Waals surface area contributed by atoms with Gasteiger partial charge in [0.15, 0.2) is 11.5 Å². The van der Waals surface area contributed by atoms with E-state index in [0.717, 1.165) is 17.9 Å². The van der Waals surface area contributed by atoms with Crippen LogP contribution < -0.4 is 14.8 Å². The van der Waals surface area contributed by atoms with Crippen LogP contribution in [-0.2, 0) is 0 Å². The molecule has 1 aliphatic rings. The Labute approximate surface area is 115 Å². The molecule has 6 nitrogen and oxygen atoms in total. The smallest absolute Gasteiger partial charge is 0.296 e. The summed E-state index contributed by atoms with van der Waals surface area (Å²) in [4.78, 5) is 10.6. The van der Waals surface area contributed by atoms with Crippen LogP contribution in [0.15, 0.2) is 12.1 Å². The molecule has 1 aliphatic heterocycles. The van der Waals surface area contributed by atoms with E-state index in [1.165, 1.54) is 6.07 Å². The van der Waals surface area contributed by atoms with Crippen molar-refractivity contribution in [1.29, 1.82) is 0 Å². The summed E-state index contributed by atoms with van der Waals surface area (Å²) in [6.07, 6.45) is 0.962. The van der Waals surface area contributed by atoms with Crippen LogP contribution in [0.4, 0.5) is 11.4 Å². The van der Waals surface area contributed by atoms with Crippen LogP contribution in [0.2, 0.25) is 0 Å². The van der Waals surface area contributed by atoms with Crippen molar-refractivity contribution in [3.05, 3.63) is 22.2 Å². The number of nitro groups is 1.